The van der Waals surface area contributed by atoms with Crippen LogP contribution in [0, 0.1) is 0 Å². The largest absolute Gasteiger partial charge is 0.387 e. The topological polar surface area (TPSA) is 187 Å². The van der Waals surface area contributed by atoms with E-state index in [9.17, 15) is 19.2 Å². The Balaban J connectivity index is 1.60. The SMILES string of the molecule is CCC(N)=NC(=O)c1ccc(C(=O)NCc2cccc(NC(=O)C(Cc3cnc[nH]3)NC(C)=O)c2)[nH]1. The zero-order valence-electron chi connectivity index (χ0n) is 19.9. The summed E-state index contributed by atoms with van der Waals surface area (Å²) in [7, 11) is 0. The number of benzene rings is 1. The van der Waals surface area contributed by atoms with Crippen molar-refractivity contribution in [2.45, 2.75) is 39.3 Å². The van der Waals surface area contributed by atoms with Crippen molar-refractivity contribution >= 4 is 35.2 Å². The number of amides is 4. The summed E-state index contributed by atoms with van der Waals surface area (Å²) in [4.78, 5) is 62.3. The summed E-state index contributed by atoms with van der Waals surface area (Å²) in [6, 6.07) is 9.10. The fourth-order valence-electron chi connectivity index (χ4n) is 3.26. The summed E-state index contributed by atoms with van der Waals surface area (Å²) in [5, 5.41) is 8.18. The molecule has 3 rings (SSSR count). The van der Waals surface area contributed by atoms with Crippen molar-refractivity contribution in [3.05, 3.63) is 71.6 Å². The fraction of sp³-hybridized carbons (Fsp3) is 0.250. The number of nitrogens with two attached hydrogens (primary N) is 1. The molecule has 12 nitrogen and oxygen atoms in total. The molecule has 12 heteroatoms. The van der Waals surface area contributed by atoms with E-state index in [2.05, 4.69) is 35.9 Å². The minimum atomic E-state index is -0.798. The van der Waals surface area contributed by atoms with Crippen LogP contribution in [0.2, 0.25) is 0 Å². The predicted octanol–water partition coefficient (Wildman–Crippen LogP) is 1.26. The molecule has 0 spiro atoms. The number of amidine groups is 1. The molecule has 0 saturated carbocycles. The van der Waals surface area contributed by atoms with Crippen molar-refractivity contribution in [2.24, 2.45) is 10.7 Å². The van der Waals surface area contributed by atoms with Crippen molar-refractivity contribution in [2.75, 3.05) is 5.32 Å². The Bertz CT molecular complexity index is 1260. The van der Waals surface area contributed by atoms with Gasteiger partial charge in [0.2, 0.25) is 11.8 Å². The number of aliphatic imine (C=N–C) groups is 1. The smallest absolute Gasteiger partial charge is 0.295 e. The third kappa shape index (κ3) is 7.38. The molecule has 0 fully saturated rings. The Hall–Kier alpha value is -4.74. The Morgan fingerprint density at radius 1 is 1.14 bits per heavy atom. The summed E-state index contributed by atoms with van der Waals surface area (Å²) >= 11 is 0. The lowest BCUT2D eigenvalue weighted by atomic mass is 10.1. The lowest BCUT2D eigenvalue weighted by Crippen LogP contribution is -2.44. The maximum absolute atomic E-state index is 12.8. The number of rotatable bonds is 10. The number of aromatic amines is 2. The molecule has 2 aromatic heterocycles. The maximum atomic E-state index is 12.8. The van der Waals surface area contributed by atoms with Gasteiger partial charge in [-0.2, -0.15) is 4.99 Å². The van der Waals surface area contributed by atoms with Crippen LogP contribution >= 0.6 is 0 Å². The molecule has 188 valence electrons. The van der Waals surface area contributed by atoms with E-state index in [-0.39, 0.29) is 36.1 Å². The summed E-state index contributed by atoms with van der Waals surface area (Å²) in [5.41, 5.74) is 7.88. The number of anilines is 1. The molecular formula is C24H28N8O4. The van der Waals surface area contributed by atoms with Gasteiger partial charge in [0.25, 0.3) is 11.8 Å². The average molecular weight is 493 g/mol. The molecule has 36 heavy (non-hydrogen) atoms. The highest BCUT2D eigenvalue weighted by Gasteiger charge is 2.21. The Labute approximate surface area is 207 Å². The van der Waals surface area contributed by atoms with Crippen molar-refractivity contribution < 1.29 is 19.2 Å². The number of aromatic nitrogens is 3. The molecule has 0 aliphatic carbocycles. The second-order valence-corrected chi connectivity index (χ2v) is 7.95. The highest BCUT2D eigenvalue weighted by molar-refractivity contribution is 6.03. The molecule has 0 aliphatic rings. The van der Waals surface area contributed by atoms with Crippen LogP contribution in [0.3, 0.4) is 0 Å². The first-order chi connectivity index (χ1) is 17.2. The van der Waals surface area contributed by atoms with Crippen molar-refractivity contribution in [1.29, 1.82) is 0 Å². The maximum Gasteiger partial charge on any atom is 0.295 e. The van der Waals surface area contributed by atoms with E-state index in [1.807, 2.05) is 0 Å². The van der Waals surface area contributed by atoms with Gasteiger partial charge in [-0.1, -0.05) is 19.1 Å². The van der Waals surface area contributed by atoms with Crippen LogP contribution in [0.25, 0.3) is 0 Å². The minimum absolute atomic E-state index is 0.158. The lowest BCUT2D eigenvalue weighted by Gasteiger charge is -2.17. The first-order valence-corrected chi connectivity index (χ1v) is 11.2. The van der Waals surface area contributed by atoms with E-state index >= 15 is 0 Å². The number of hydrogen-bond acceptors (Lipinski definition) is 5. The van der Waals surface area contributed by atoms with Gasteiger partial charge >= 0.3 is 0 Å². The van der Waals surface area contributed by atoms with Gasteiger partial charge in [-0.15, -0.1) is 0 Å². The third-order valence-electron chi connectivity index (χ3n) is 5.09. The van der Waals surface area contributed by atoms with Crippen LogP contribution in [0.1, 0.15) is 52.5 Å². The summed E-state index contributed by atoms with van der Waals surface area (Å²) in [6.07, 6.45) is 3.77. The van der Waals surface area contributed by atoms with Crippen molar-refractivity contribution in [3.63, 3.8) is 0 Å². The first kappa shape index (κ1) is 25.9. The Morgan fingerprint density at radius 3 is 2.61 bits per heavy atom. The van der Waals surface area contributed by atoms with Crippen LogP contribution in [-0.2, 0) is 22.6 Å². The number of H-pyrrole nitrogens is 2. The quantitative estimate of drug-likeness (QED) is 0.182. The molecule has 4 amide bonds. The van der Waals surface area contributed by atoms with Crippen molar-refractivity contribution in [1.82, 2.24) is 25.6 Å². The monoisotopic (exact) mass is 492 g/mol. The minimum Gasteiger partial charge on any atom is -0.387 e. The lowest BCUT2D eigenvalue weighted by molar-refractivity contribution is -0.125. The van der Waals surface area contributed by atoms with Crippen LogP contribution in [0.5, 0.6) is 0 Å². The van der Waals surface area contributed by atoms with Gasteiger partial charge in [0.05, 0.1) is 6.33 Å². The summed E-state index contributed by atoms with van der Waals surface area (Å²) in [6.45, 7) is 3.30. The first-order valence-electron chi connectivity index (χ1n) is 11.2. The van der Waals surface area contributed by atoms with E-state index in [0.717, 1.165) is 5.56 Å². The molecule has 0 bridgehead atoms. The molecular weight excluding hydrogens is 464 g/mol. The average Bonchev–Trinajstić information content (AvgIpc) is 3.54. The molecule has 0 saturated heterocycles. The second kappa shape index (κ2) is 12.1. The van der Waals surface area contributed by atoms with Crippen LogP contribution < -0.4 is 21.7 Å². The fourth-order valence-corrected chi connectivity index (χ4v) is 3.26. The highest BCUT2D eigenvalue weighted by atomic mass is 16.2. The summed E-state index contributed by atoms with van der Waals surface area (Å²) < 4.78 is 0. The summed E-state index contributed by atoms with van der Waals surface area (Å²) in [5.74, 6) is -1.49. The Kier molecular flexibility index (Phi) is 8.70. The number of carbonyl (C=O) groups excluding carboxylic acids is 4. The second-order valence-electron chi connectivity index (χ2n) is 7.95. The molecule has 0 aliphatic heterocycles. The number of hydrogen-bond donors (Lipinski definition) is 6. The van der Waals surface area contributed by atoms with E-state index in [1.54, 1.807) is 37.4 Å². The molecule has 1 atom stereocenters. The van der Waals surface area contributed by atoms with Gasteiger partial charge in [0.15, 0.2) is 0 Å². The number of nitrogens with zero attached hydrogens (tertiary/aromatic N) is 2. The van der Waals surface area contributed by atoms with Gasteiger partial charge in [0, 0.05) is 43.9 Å². The van der Waals surface area contributed by atoms with E-state index in [4.69, 9.17) is 5.73 Å². The Morgan fingerprint density at radius 2 is 1.92 bits per heavy atom. The molecule has 2 heterocycles. The van der Waals surface area contributed by atoms with E-state index in [0.29, 0.717) is 17.8 Å². The van der Waals surface area contributed by atoms with Crippen LogP contribution in [0.4, 0.5) is 5.69 Å². The third-order valence-corrected chi connectivity index (χ3v) is 5.09. The molecule has 1 unspecified atom stereocenters. The zero-order chi connectivity index (χ0) is 26.1. The molecule has 0 radical (unpaired) electrons. The van der Waals surface area contributed by atoms with Gasteiger partial charge in [-0.25, -0.2) is 4.98 Å². The number of nitrogens with one attached hydrogen (secondary N) is 5. The normalized spacial score (nSPS) is 12.0. The number of carbonyl (C=O) groups is 4. The van der Waals surface area contributed by atoms with Gasteiger partial charge in [0.1, 0.15) is 23.3 Å². The molecule has 1 aromatic carbocycles. The number of imidazole rings is 1. The zero-order valence-corrected chi connectivity index (χ0v) is 19.9. The highest BCUT2D eigenvalue weighted by Crippen LogP contribution is 2.13. The van der Waals surface area contributed by atoms with Crippen LogP contribution in [-0.4, -0.2) is 50.5 Å². The van der Waals surface area contributed by atoms with Gasteiger partial charge < -0.3 is 31.7 Å². The van der Waals surface area contributed by atoms with Gasteiger partial charge in [-0.05, 0) is 29.8 Å². The van der Waals surface area contributed by atoms with Gasteiger partial charge in [-0.3, -0.25) is 19.2 Å². The standard InChI is InChI=1S/C24H28N8O4/c1-3-21(25)32-23(35)19-8-7-18(31-19)22(34)27-11-15-5-4-6-16(9-15)30-24(36)20(29-14(2)33)10-17-12-26-13-28-17/h4-9,12-13,20,31H,3,10-11H2,1-2H3,(H,26,28)(H,27,34)(H,29,33)(H,30,36)(H2,25,32,35). The predicted molar refractivity (Wildman–Crippen MR) is 133 cm³/mol. The van der Waals surface area contributed by atoms with E-state index < -0.39 is 23.8 Å². The van der Waals surface area contributed by atoms with E-state index in [1.165, 1.54) is 25.4 Å². The van der Waals surface area contributed by atoms with Crippen LogP contribution in [0.15, 0.2) is 53.9 Å². The van der Waals surface area contributed by atoms with Crippen molar-refractivity contribution in [3.8, 4) is 0 Å². The molecule has 7 N–H and O–H groups in total. The molecule has 3 aromatic rings.